The molecule has 0 radical (unpaired) electrons. The van der Waals surface area contributed by atoms with E-state index in [0.717, 1.165) is 18.4 Å². The molecule has 1 aliphatic carbocycles. The van der Waals surface area contributed by atoms with Gasteiger partial charge in [-0.3, -0.25) is 4.98 Å². The summed E-state index contributed by atoms with van der Waals surface area (Å²) >= 11 is 0. The first-order valence-electron chi connectivity index (χ1n) is 8.14. The van der Waals surface area contributed by atoms with Crippen molar-refractivity contribution >= 4 is 5.97 Å². The molecule has 2 heterocycles. The third kappa shape index (κ3) is 2.90. The number of carbonyl (C=O) groups is 1. The van der Waals surface area contributed by atoms with E-state index in [1.165, 1.54) is 13.0 Å². The van der Waals surface area contributed by atoms with E-state index in [1.54, 1.807) is 12.4 Å². The Hall–Kier alpha value is -1.75. The molecule has 1 saturated carbocycles. The summed E-state index contributed by atoms with van der Waals surface area (Å²) < 4.78 is 25.2. The average Bonchev–Trinajstić information content (AvgIpc) is 2.96. The van der Waals surface area contributed by atoms with Crippen LogP contribution in [0.3, 0.4) is 0 Å². The highest BCUT2D eigenvalue weighted by atomic mass is 19.1. The van der Waals surface area contributed by atoms with Crippen molar-refractivity contribution in [2.75, 3.05) is 6.61 Å². The van der Waals surface area contributed by atoms with Gasteiger partial charge in [0.25, 0.3) is 0 Å². The van der Waals surface area contributed by atoms with Crippen LogP contribution in [0.2, 0.25) is 0 Å². The summed E-state index contributed by atoms with van der Waals surface area (Å²) in [7, 11) is 0. The van der Waals surface area contributed by atoms with Crippen LogP contribution in [0.1, 0.15) is 32.3 Å². The first-order chi connectivity index (χ1) is 11.0. The van der Waals surface area contributed by atoms with E-state index in [9.17, 15) is 9.18 Å². The average molecular weight is 319 g/mol. The molecule has 3 rings (SSSR count). The fourth-order valence-corrected chi connectivity index (χ4v) is 3.71. The zero-order valence-corrected chi connectivity index (χ0v) is 13.5. The normalized spacial score (nSPS) is 32.8. The Bertz CT molecular complexity index is 602. The monoisotopic (exact) mass is 319 g/mol. The number of rotatable bonds is 5. The molecule has 5 heteroatoms. The first-order valence-corrected chi connectivity index (χ1v) is 8.14. The number of hydrogen-bond acceptors (Lipinski definition) is 4. The van der Waals surface area contributed by atoms with E-state index in [0.29, 0.717) is 18.6 Å². The lowest BCUT2D eigenvalue weighted by Crippen LogP contribution is -2.44. The maximum Gasteiger partial charge on any atom is 0.337 e. The number of allylic oxidation sites excluding steroid dienone is 1. The molecular formula is C18H22FNO3. The zero-order valence-electron chi connectivity index (χ0n) is 13.5. The van der Waals surface area contributed by atoms with Crippen molar-refractivity contribution in [3.63, 3.8) is 0 Å². The SMILES string of the molecule is CC(F)/C=C1/C(=O)O[C@@H]2CCC(C)[C@]12OCCc1cccnc1. The molecule has 2 fully saturated rings. The molecule has 23 heavy (non-hydrogen) atoms. The third-order valence-electron chi connectivity index (χ3n) is 4.81. The molecule has 0 spiro atoms. The van der Waals surface area contributed by atoms with Crippen molar-refractivity contribution < 1.29 is 18.7 Å². The van der Waals surface area contributed by atoms with Crippen LogP contribution in [0.4, 0.5) is 4.39 Å². The first kappa shape index (κ1) is 16.1. The lowest BCUT2D eigenvalue weighted by Gasteiger charge is -2.32. The molecule has 1 saturated heterocycles. The molecule has 0 N–H and O–H groups in total. The van der Waals surface area contributed by atoms with Crippen molar-refractivity contribution in [1.82, 2.24) is 4.98 Å². The van der Waals surface area contributed by atoms with Crippen molar-refractivity contribution in [2.45, 2.75) is 51.0 Å². The predicted octanol–water partition coefficient (Wildman–Crippen LogP) is 3.02. The Balaban J connectivity index is 1.80. The zero-order chi connectivity index (χ0) is 16.4. The second kappa shape index (κ2) is 6.40. The Morgan fingerprint density at radius 1 is 1.57 bits per heavy atom. The van der Waals surface area contributed by atoms with Gasteiger partial charge >= 0.3 is 5.97 Å². The van der Waals surface area contributed by atoms with Gasteiger partial charge in [-0.2, -0.15) is 0 Å². The van der Waals surface area contributed by atoms with Crippen LogP contribution in [0.5, 0.6) is 0 Å². The number of halogens is 1. The van der Waals surface area contributed by atoms with Crippen LogP contribution in [-0.4, -0.2) is 35.4 Å². The van der Waals surface area contributed by atoms with Gasteiger partial charge in [0.1, 0.15) is 17.9 Å². The molecule has 124 valence electrons. The summed E-state index contributed by atoms with van der Waals surface area (Å²) in [6.07, 6.45) is 5.74. The maximum atomic E-state index is 13.5. The van der Waals surface area contributed by atoms with Gasteiger partial charge in [0.15, 0.2) is 0 Å². The molecule has 0 bridgehead atoms. The minimum atomic E-state index is -1.21. The molecule has 1 aromatic heterocycles. The van der Waals surface area contributed by atoms with E-state index in [1.807, 2.05) is 19.1 Å². The van der Waals surface area contributed by atoms with Crippen molar-refractivity contribution in [3.05, 3.63) is 41.7 Å². The fourth-order valence-electron chi connectivity index (χ4n) is 3.71. The number of ether oxygens (including phenoxy) is 2. The van der Waals surface area contributed by atoms with E-state index >= 15 is 0 Å². The number of nitrogens with zero attached hydrogens (tertiary/aromatic N) is 1. The summed E-state index contributed by atoms with van der Waals surface area (Å²) in [4.78, 5) is 16.2. The molecule has 0 amide bonds. The number of carbonyl (C=O) groups excluding carboxylic acids is 1. The highest BCUT2D eigenvalue weighted by Gasteiger charge is 2.61. The third-order valence-corrected chi connectivity index (χ3v) is 4.81. The summed E-state index contributed by atoms with van der Waals surface area (Å²) in [6, 6.07) is 3.87. The van der Waals surface area contributed by atoms with Gasteiger partial charge < -0.3 is 9.47 Å². The lowest BCUT2D eigenvalue weighted by molar-refractivity contribution is -0.141. The molecule has 1 aliphatic heterocycles. The number of aromatic nitrogens is 1. The van der Waals surface area contributed by atoms with Crippen LogP contribution < -0.4 is 0 Å². The Morgan fingerprint density at radius 2 is 2.39 bits per heavy atom. The minimum Gasteiger partial charge on any atom is -0.455 e. The van der Waals surface area contributed by atoms with Gasteiger partial charge in [0.05, 0.1) is 12.2 Å². The molecule has 4 nitrogen and oxygen atoms in total. The van der Waals surface area contributed by atoms with Gasteiger partial charge in [0, 0.05) is 12.4 Å². The molecule has 1 aromatic rings. The Kier molecular flexibility index (Phi) is 4.48. The van der Waals surface area contributed by atoms with Crippen molar-refractivity contribution in [1.29, 1.82) is 0 Å². The lowest BCUT2D eigenvalue weighted by atomic mass is 9.84. The second-order valence-corrected chi connectivity index (χ2v) is 6.38. The Morgan fingerprint density at radius 3 is 3.09 bits per heavy atom. The van der Waals surface area contributed by atoms with Crippen molar-refractivity contribution in [2.24, 2.45) is 5.92 Å². The van der Waals surface area contributed by atoms with E-state index < -0.39 is 17.7 Å². The highest BCUT2D eigenvalue weighted by molar-refractivity contribution is 5.94. The Labute approximate surface area is 135 Å². The second-order valence-electron chi connectivity index (χ2n) is 6.38. The number of alkyl halides is 1. The summed E-state index contributed by atoms with van der Waals surface area (Å²) in [5.41, 5.74) is 0.619. The highest BCUT2D eigenvalue weighted by Crippen LogP contribution is 2.50. The van der Waals surface area contributed by atoms with Crippen LogP contribution in [0.15, 0.2) is 36.2 Å². The quantitative estimate of drug-likeness (QED) is 0.618. The molecule has 2 aliphatic rings. The molecule has 2 unspecified atom stereocenters. The number of pyridine rings is 1. The maximum absolute atomic E-state index is 13.5. The smallest absolute Gasteiger partial charge is 0.337 e. The van der Waals surface area contributed by atoms with Gasteiger partial charge in [-0.15, -0.1) is 0 Å². The molecule has 0 aromatic carbocycles. The van der Waals surface area contributed by atoms with E-state index in [4.69, 9.17) is 9.47 Å². The number of fused-ring (bicyclic) bond motifs is 1. The van der Waals surface area contributed by atoms with Gasteiger partial charge in [-0.05, 0) is 49.8 Å². The number of esters is 1. The largest absolute Gasteiger partial charge is 0.455 e. The van der Waals surface area contributed by atoms with Gasteiger partial charge in [-0.25, -0.2) is 9.18 Å². The number of hydrogen-bond donors (Lipinski definition) is 0. The summed E-state index contributed by atoms with van der Waals surface area (Å²) in [6.45, 7) is 3.90. The molecule has 4 atom stereocenters. The van der Waals surface area contributed by atoms with Gasteiger partial charge in [-0.1, -0.05) is 13.0 Å². The predicted molar refractivity (Wildman–Crippen MR) is 83.6 cm³/mol. The van der Waals surface area contributed by atoms with E-state index in [-0.39, 0.29) is 12.0 Å². The standard InChI is InChI=1S/C18H22FNO3/c1-12-5-6-16-18(12,15(10-13(2)19)17(21)23-16)22-9-7-14-4-3-8-20-11-14/h3-4,8,10-13,16H,5-7,9H2,1-2H3/b15-10-/t12?,13?,16-,18+/m1/s1. The topological polar surface area (TPSA) is 48.4 Å². The van der Waals surface area contributed by atoms with Crippen LogP contribution in [-0.2, 0) is 20.7 Å². The minimum absolute atomic E-state index is 0.123. The van der Waals surface area contributed by atoms with Crippen LogP contribution in [0, 0.1) is 5.92 Å². The van der Waals surface area contributed by atoms with E-state index in [2.05, 4.69) is 4.98 Å². The van der Waals surface area contributed by atoms with Crippen LogP contribution in [0.25, 0.3) is 0 Å². The van der Waals surface area contributed by atoms with Gasteiger partial charge in [0.2, 0.25) is 0 Å². The molecular weight excluding hydrogens is 297 g/mol. The summed E-state index contributed by atoms with van der Waals surface area (Å²) in [5.74, 6) is -0.315. The fraction of sp³-hybridized carbons (Fsp3) is 0.556. The summed E-state index contributed by atoms with van der Waals surface area (Å²) in [5, 5.41) is 0. The van der Waals surface area contributed by atoms with Crippen molar-refractivity contribution in [3.8, 4) is 0 Å². The van der Waals surface area contributed by atoms with Crippen LogP contribution >= 0.6 is 0 Å².